The van der Waals surface area contributed by atoms with Crippen molar-refractivity contribution >= 4 is 22.6 Å². The molecule has 0 atom stereocenters. The van der Waals surface area contributed by atoms with Crippen LogP contribution in [-0.2, 0) is 13.5 Å². The van der Waals surface area contributed by atoms with E-state index in [1.165, 1.54) is 0 Å². The fraction of sp³-hybridized carbons (Fsp3) is 0.320. The number of carbonyl (C=O) groups excluding carboxylic acids is 2. The zero-order chi connectivity index (χ0) is 22.8. The van der Waals surface area contributed by atoms with E-state index in [1.54, 1.807) is 24.4 Å². The van der Waals surface area contributed by atoms with E-state index < -0.39 is 0 Å². The first-order chi connectivity index (χ1) is 15.3. The Labute approximate surface area is 187 Å². The van der Waals surface area contributed by atoms with Crippen LogP contribution in [0.2, 0.25) is 0 Å². The first kappa shape index (κ1) is 21.6. The Morgan fingerprint density at radius 1 is 1.03 bits per heavy atom. The highest BCUT2D eigenvalue weighted by molar-refractivity contribution is 5.98. The number of benzene rings is 1. The van der Waals surface area contributed by atoms with E-state index in [0.717, 1.165) is 28.1 Å². The lowest BCUT2D eigenvalue weighted by molar-refractivity contribution is 0.0962. The summed E-state index contributed by atoms with van der Waals surface area (Å²) in [6.45, 7) is 5.96. The fourth-order valence-electron chi connectivity index (χ4n) is 3.68. The molecule has 0 aliphatic heterocycles. The zero-order valence-corrected chi connectivity index (χ0v) is 18.9. The molecule has 0 unspecified atom stereocenters. The molecule has 7 heteroatoms. The van der Waals surface area contributed by atoms with Gasteiger partial charge in [-0.1, -0.05) is 19.9 Å². The molecule has 0 fully saturated rings. The van der Waals surface area contributed by atoms with Crippen LogP contribution in [0.5, 0.6) is 0 Å². The summed E-state index contributed by atoms with van der Waals surface area (Å²) in [6.07, 6.45) is 5.00. The van der Waals surface area contributed by atoms with Crippen LogP contribution in [-0.4, -0.2) is 35.9 Å². The maximum absolute atomic E-state index is 12.7. The van der Waals surface area contributed by atoms with Crippen LogP contribution in [0.15, 0.2) is 48.8 Å². The first-order valence-electron chi connectivity index (χ1n) is 10.8. The molecule has 0 bridgehead atoms. The van der Waals surface area contributed by atoms with Gasteiger partial charge < -0.3 is 4.57 Å². The first-order valence-corrected chi connectivity index (χ1v) is 10.8. The Morgan fingerprint density at radius 3 is 2.53 bits per heavy atom. The molecule has 0 N–H and O–H groups in total. The van der Waals surface area contributed by atoms with E-state index in [4.69, 9.17) is 0 Å². The summed E-state index contributed by atoms with van der Waals surface area (Å²) < 4.78 is 3.86. The highest BCUT2D eigenvalue weighted by atomic mass is 16.1. The lowest BCUT2D eigenvalue weighted by Crippen LogP contribution is -2.10. The van der Waals surface area contributed by atoms with Crippen molar-refractivity contribution in [2.24, 2.45) is 13.0 Å². The topological polar surface area (TPSA) is 82.7 Å². The summed E-state index contributed by atoms with van der Waals surface area (Å²) in [5.41, 5.74) is 4.60. The van der Waals surface area contributed by atoms with Gasteiger partial charge in [-0.15, -0.1) is 0 Å². The molecule has 4 rings (SSSR count). The number of ketones is 2. The Hall–Kier alpha value is -3.61. The number of fused-ring (bicyclic) bond motifs is 1. The number of Topliss-reactive ketones (excluding diaryl/α,β-unsaturated/α-hetero) is 2. The van der Waals surface area contributed by atoms with Gasteiger partial charge in [-0.3, -0.25) is 9.59 Å². The highest BCUT2D eigenvalue weighted by Crippen LogP contribution is 2.19. The van der Waals surface area contributed by atoms with Crippen LogP contribution in [0.4, 0.5) is 0 Å². The van der Waals surface area contributed by atoms with Gasteiger partial charge in [0.1, 0.15) is 17.2 Å². The van der Waals surface area contributed by atoms with Gasteiger partial charge in [0.05, 0.1) is 22.9 Å². The molecule has 164 valence electrons. The number of imidazole rings is 1. The van der Waals surface area contributed by atoms with Gasteiger partial charge >= 0.3 is 0 Å². The van der Waals surface area contributed by atoms with E-state index in [0.29, 0.717) is 30.7 Å². The maximum Gasteiger partial charge on any atom is 0.181 e. The molecule has 7 nitrogen and oxygen atoms in total. The SMILES string of the molecule is Cc1nc2ccc(-n3cc(CCC(=O)c4cccc(C(=O)CC(C)C)n4)cn3)cc2n1C. The molecule has 3 heterocycles. The molecule has 32 heavy (non-hydrogen) atoms. The number of aryl methyl sites for hydroxylation is 3. The van der Waals surface area contributed by atoms with Gasteiger partial charge in [0.25, 0.3) is 0 Å². The number of hydrogen-bond donors (Lipinski definition) is 0. The summed E-state index contributed by atoms with van der Waals surface area (Å²) >= 11 is 0. The minimum Gasteiger partial charge on any atom is -0.331 e. The van der Waals surface area contributed by atoms with Crippen molar-refractivity contribution in [3.05, 3.63) is 71.6 Å². The van der Waals surface area contributed by atoms with Gasteiger partial charge in [-0.05, 0) is 55.2 Å². The molecule has 0 spiro atoms. The molecule has 1 aromatic carbocycles. The fourth-order valence-corrected chi connectivity index (χ4v) is 3.68. The van der Waals surface area contributed by atoms with Crippen molar-refractivity contribution in [3.63, 3.8) is 0 Å². The van der Waals surface area contributed by atoms with Crippen molar-refractivity contribution in [2.75, 3.05) is 0 Å². The van der Waals surface area contributed by atoms with E-state index >= 15 is 0 Å². The lowest BCUT2D eigenvalue weighted by Gasteiger charge is -2.05. The van der Waals surface area contributed by atoms with Crippen molar-refractivity contribution in [1.29, 1.82) is 0 Å². The molecule has 0 radical (unpaired) electrons. The van der Waals surface area contributed by atoms with E-state index in [-0.39, 0.29) is 17.5 Å². The summed E-state index contributed by atoms with van der Waals surface area (Å²) in [6, 6.07) is 11.1. The molecular formula is C25H27N5O2. The van der Waals surface area contributed by atoms with Crippen LogP contribution in [0.1, 0.15) is 59.1 Å². The molecule has 4 aromatic rings. The molecule has 0 saturated heterocycles. The normalized spacial score (nSPS) is 11.4. The molecule has 0 saturated carbocycles. The lowest BCUT2D eigenvalue weighted by atomic mass is 10.0. The average molecular weight is 430 g/mol. The Morgan fingerprint density at radius 2 is 1.78 bits per heavy atom. The number of pyridine rings is 1. The predicted octanol–water partition coefficient (Wildman–Crippen LogP) is 4.51. The van der Waals surface area contributed by atoms with Crippen LogP contribution < -0.4 is 0 Å². The van der Waals surface area contributed by atoms with E-state index in [9.17, 15) is 9.59 Å². The molecule has 0 aliphatic rings. The van der Waals surface area contributed by atoms with Crippen LogP contribution in [0, 0.1) is 12.8 Å². The Balaban J connectivity index is 1.44. The second kappa shape index (κ2) is 8.86. The number of aromatic nitrogens is 5. The van der Waals surface area contributed by atoms with Crippen molar-refractivity contribution in [2.45, 2.75) is 40.0 Å². The molecular weight excluding hydrogens is 402 g/mol. The quantitative estimate of drug-likeness (QED) is 0.385. The third kappa shape index (κ3) is 4.51. The largest absolute Gasteiger partial charge is 0.331 e. The summed E-state index contributed by atoms with van der Waals surface area (Å²) in [4.78, 5) is 33.8. The van der Waals surface area contributed by atoms with Gasteiger partial charge in [-0.25, -0.2) is 14.6 Å². The van der Waals surface area contributed by atoms with Crippen LogP contribution in [0.25, 0.3) is 16.7 Å². The second-order valence-corrected chi connectivity index (χ2v) is 8.54. The van der Waals surface area contributed by atoms with E-state index in [2.05, 4.69) is 25.7 Å². The third-order valence-electron chi connectivity index (χ3n) is 5.54. The van der Waals surface area contributed by atoms with Crippen molar-refractivity contribution in [1.82, 2.24) is 24.3 Å². The molecule has 3 aromatic heterocycles. The molecule has 0 aliphatic carbocycles. The zero-order valence-electron chi connectivity index (χ0n) is 18.9. The van der Waals surface area contributed by atoms with Gasteiger partial charge in [-0.2, -0.15) is 5.10 Å². The van der Waals surface area contributed by atoms with Crippen molar-refractivity contribution in [3.8, 4) is 5.69 Å². The smallest absolute Gasteiger partial charge is 0.181 e. The number of rotatable bonds is 8. The second-order valence-electron chi connectivity index (χ2n) is 8.54. The monoisotopic (exact) mass is 429 g/mol. The van der Waals surface area contributed by atoms with Crippen molar-refractivity contribution < 1.29 is 9.59 Å². The maximum atomic E-state index is 12.7. The third-order valence-corrected chi connectivity index (χ3v) is 5.54. The summed E-state index contributed by atoms with van der Waals surface area (Å²) in [7, 11) is 1.99. The minimum atomic E-state index is -0.0799. The number of carbonyl (C=O) groups is 2. The van der Waals surface area contributed by atoms with Gasteiger partial charge in [0.2, 0.25) is 0 Å². The standard InChI is InChI=1S/C25H27N5O2/c1-16(2)12-25(32)22-7-5-6-21(28-22)24(31)11-8-18-14-26-30(15-18)19-9-10-20-23(13-19)29(4)17(3)27-20/h5-7,9-10,13-16H,8,11-12H2,1-4H3. The van der Waals surface area contributed by atoms with Gasteiger partial charge in [0.15, 0.2) is 11.6 Å². The Kier molecular flexibility index (Phi) is 5.99. The van der Waals surface area contributed by atoms with Crippen LogP contribution >= 0.6 is 0 Å². The summed E-state index contributed by atoms with van der Waals surface area (Å²) in [5, 5.41) is 4.46. The Bertz CT molecular complexity index is 1300. The molecule has 0 amide bonds. The number of hydrogen-bond acceptors (Lipinski definition) is 5. The highest BCUT2D eigenvalue weighted by Gasteiger charge is 2.14. The van der Waals surface area contributed by atoms with Crippen LogP contribution in [0.3, 0.4) is 0 Å². The van der Waals surface area contributed by atoms with E-state index in [1.807, 2.05) is 50.8 Å². The summed E-state index contributed by atoms with van der Waals surface area (Å²) in [5.74, 6) is 1.10. The predicted molar refractivity (Wildman–Crippen MR) is 123 cm³/mol. The number of nitrogens with zero attached hydrogens (tertiary/aromatic N) is 5. The van der Waals surface area contributed by atoms with Gasteiger partial charge in [0, 0.05) is 26.1 Å². The average Bonchev–Trinajstić information content (AvgIpc) is 3.36. The minimum absolute atomic E-state index is 0.0310.